The topological polar surface area (TPSA) is 122 Å². The summed E-state index contributed by atoms with van der Waals surface area (Å²) in [5.41, 5.74) is 0.135. The van der Waals surface area contributed by atoms with Gasteiger partial charge in [0.1, 0.15) is 0 Å². The van der Waals surface area contributed by atoms with Crippen LogP contribution in [0.5, 0.6) is 0 Å². The minimum atomic E-state index is -4.47. The fourth-order valence-electron chi connectivity index (χ4n) is 3.48. The molecule has 1 aromatic heterocycles. The molecule has 2 aromatic rings. The van der Waals surface area contributed by atoms with Gasteiger partial charge in [-0.15, -0.1) is 10.2 Å². The van der Waals surface area contributed by atoms with E-state index in [0.29, 0.717) is 25.3 Å². The van der Waals surface area contributed by atoms with Crippen LogP contribution in [0.15, 0.2) is 74.7 Å². The molecule has 1 atom stereocenters. The van der Waals surface area contributed by atoms with Crippen LogP contribution in [0.1, 0.15) is 24.3 Å². The number of azo groups is 1. The molecule has 1 unspecified atom stereocenters. The molecule has 35 heavy (non-hydrogen) atoms. The maximum Gasteiger partial charge on any atom is 0.416 e. The summed E-state index contributed by atoms with van der Waals surface area (Å²) in [7, 11) is 0. The fraction of sp³-hybridized carbons (Fsp3) is 0.304. The first kappa shape index (κ1) is 24.0. The van der Waals surface area contributed by atoms with Crippen molar-refractivity contribution in [2.75, 3.05) is 13.1 Å². The molecule has 9 nitrogen and oxygen atoms in total. The number of rotatable bonds is 9. The van der Waals surface area contributed by atoms with Crippen molar-refractivity contribution in [3.05, 3.63) is 71.4 Å². The van der Waals surface area contributed by atoms with E-state index >= 15 is 0 Å². The summed E-state index contributed by atoms with van der Waals surface area (Å²) in [5.74, 6) is -0.229. The lowest BCUT2D eigenvalue weighted by Crippen LogP contribution is -2.28. The number of aryl methyl sites for hydroxylation is 1. The lowest BCUT2D eigenvalue weighted by atomic mass is 9.93. The molecule has 2 N–H and O–H groups in total. The van der Waals surface area contributed by atoms with Crippen molar-refractivity contribution in [1.29, 1.82) is 0 Å². The number of alkyl halides is 3. The molecule has 1 aromatic carbocycles. The van der Waals surface area contributed by atoms with Crippen LogP contribution in [0, 0.1) is 5.92 Å². The van der Waals surface area contributed by atoms with Crippen LogP contribution < -0.4 is 10.6 Å². The maximum absolute atomic E-state index is 12.9. The average Bonchev–Trinajstić information content (AvgIpc) is 3.33. The van der Waals surface area contributed by atoms with Crippen LogP contribution in [0.25, 0.3) is 11.4 Å². The highest BCUT2D eigenvalue weighted by molar-refractivity contribution is 5.86. The zero-order valence-corrected chi connectivity index (χ0v) is 18.4. The average molecular weight is 486 g/mol. The largest absolute Gasteiger partial charge is 0.416 e. The molecule has 0 radical (unpaired) electrons. The lowest BCUT2D eigenvalue weighted by molar-refractivity contribution is -0.137. The Kier molecular flexibility index (Phi) is 7.18. The van der Waals surface area contributed by atoms with E-state index in [2.05, 4.69) is 31.0 Å². The van der Waals surface area contributed by atoms with Crippen LogP contribution in [-0.2, 0) is 22.2 Å². The van der Waals surface area contributed by atoms with Gasteiger partial charge in [-0.3, -0.25) is 9.59 Å². The summed E-state index contributed by atoms with van der Waals surface area (Å²) >= 11 is 0. The van der Waals surface area contributed by atoms with Crippen molar-refractivity contribution in [3.8, 4) is 11.4 Å². The van der Waals surface area contributed by atoms with Gasteiger partial charge in [0.25, 0.3) is 5.91 Å². The van der Waals surface area contributed by atoms with Gasteiger partial charge in [-0.05, 0) is 18.6 Å². The smallest absolute Gasteiger partial charge is 0.368 e. The summed E-state index contributed by atoms with van der Waals surface area (Å²) in [4.78, 5) is 28.0. The highest BCUT2D eigenvalue weighted by Crippen LogP contribution is 2.31. The number of nitrogens with zero attached hydrogens (tertiary/aromatic N) is 4. The molecule has 0 saturated carbocycles. The molecule has 0 fully saturated rings. The predicted molar refractivity (Wildman–Crippen MR) is 117 cm³/mol. The minimum Gasteiger partial charge on any atom is -0.368 e. The van der Waals surface area contributed by atoms with E-state index in [9.17, 15) is 22.8 Å². The Morgan fingerprint density at radius 1 is 1.14 bits per heavy atom. The number of hydrogen-bond donors (Lipinski definition) is 2. The molecule has 0 bridgehead atoms. The van der Waals surface area contributed by atoms with Gasteiger partial charge < -0.3 is 15.2 Å². The number of fused-ring (bicyclic) bond motifs is 1. The number of hydrogen-bond acceptors (Lipinski definition) is 7. The highest BCUT2D eigenvalue weighted by Gasteiger charge is 2.31. The second kappa shape index (κ2) is 10.5. The van der Waals surface area contributed by atoms with E-state index in [1.54, 1.807) is 12.2 Å². The van der Waals surface area contributed by atoms with E-state index in [0.717, 1.165) is 17.7 Å². The van der Waals surface area contributed by atoms with E-state index in [1.807, 2.05) is 12.2 Å². The number of halogens is 3. The van der Waals surface area contributed by atoms with E-state index in [4.69, 9.17) is 4.52 Å². The zero-order chi connectivity index (χ0) is 24.8. The van der Waals surface area contributed by atoms with Crippen molar-refractivity contribution in [2.45, 2.75) is 25.4 Å². The van der Waals surface area contributed by atoms with Crippen molar-refractivity contribution in [2.24, 2.45) is 16.1 Å². The first-order valence-electron chi connectivity index (χ1n) is 10.9. The van der Waals surface area contributed by atoms with Gasteiger partial charge in [0, 0.05) is 37.1 Å². The van der Waals surface area contributed by atoms with Crippen LogP contribution in [0.2, 0.25) is 0 Å². The third-order valence-corrected chi connectivity index (χ3v) is 5.26. The third kappa shape index (κ3) is 6.08. The molecule has 12 heteroatoms. The van der Waals surface area contributed by atoms with E-state index in [-0.39, 0.29) is 41.9 Å². The minimum absolute atomic E-state index is 0.0278. The lowest BCUT2D eigenvalue weighted by Gasteiger charge is -2.20. The van der Waals surface area contributed by atoms with Crippen molar-refractivity contribution in [3.63, 3.8) is 0 Å². The molecular formula is C23H21F3N6O3. The second-order valence-electron chi connectivity index (χ2n) is 7.78. The molecule has 2 amide bonds. The number of carbonyl (C=O) groups excluding carboxylic acids is 2. The van der Waals surface area contributed by atoms with Crippen molar-refractivity contribution in [1.82, 2.24) is 20.8 Å². The summed E-state index contributed by atoms with van der Waals surface area (Å²) in [6.45, 7) is 0.920. The Bertz CT molecular complexity index is 1230. The molecule has 182 valence electrons. The zero-order valence-electron chi connectivity index (χ0n) is 18.4. The number of carbonyl (C=O) groups is 2. The number of benzene rings is 1. The molecule has 0 spiro atoms. The Balaban J connectivity index is 1.19. The Hall–Kier alpha value is -4.09. The van der Waals surface area contributed by atoms with E-state index in [1.165, 1.54) is 12.1 Å². The molecule has 4 rings (SSSR count). The summed E-state index contributed by atoms with van der Waals surface area (Å²) < 4.78 is 43.7. The van der Waals surface area contributed by atoms with Gasteiger partial charge >= 0.3 is 6.18 Å². The van der Waals surface area contributed by atoms with Gasteiger partial charge in [0.05, 0.1) is 11.5 Å². The number of nitrogens with one attached hydrogen (secondary N) is 2. The predicted octanol–water partition coefficient (Wildman–Crippen LogP) is 3.73. The van der Waals surface area contributed by atoms with Gasteiger partial charge in [0.2, 0.25) is 17.6 Å². The molecule has 1 aliphatic heterocycles. The molecular weight excluding hydrogens is 465 g/mol. The Morgan fingerprint density at radius 3 is 2.83 bits per heavy atom. The van der Waals surface area contributed by atoms with E-state index < -0.39 is 17.7 Å². The Labute approximate surface area is 197 Å². The van der Waals surface area contributed by atoms with Crippen molar-refractivity contribution < 1.29 is 27.3 Å². The molecule has 1 aliphatic carbocycles. The highest BCUT2D eigenvalue weighted by atomic mass is 19.4. The van der Waals surface area contributed by atoms with Gasteiger partial charge in [-0.2, -0.15) is 18.2 Å². The standard InChI is InChI=1S/C23H21F3N6O3/c24-23(25,26)15-6-3-5-14(13-15)20-29-19(35-32-20)10-9-18(33)27-11-4-12-28-21-16-7-1-2-8-17(16)22(34)31-30-21/h1-3,5-8,13,17,28H,4,9-12H2,(H,27,33). The van der Waals surface area contributed by atoms with Gasteiger partial charge in [0.15, 0.2) is 5.82 Å². The van der Waals surface area contributed by atoms with Crippen LogP contribution in [-0.4, -0.2) is 35.0 Å². The summed E-state index contributed by atoms with van der Waals surface area (Å²) in [5, 5.41) is 17.2. The molecule has 0 saturated heterocycles. The number of allylic oxidation sites excluding steroid dienone is 3. The van der Waals surface area contributed by atoms with Gasteiger partial charge in [-0.25, -0.2) is 0 Å². The fourth-order valence-corrected chi connectivity index (χ4v) is 3.48. The van der Waals surface area contributed by atoms with Crippen molar-refractivity contribution >= 4 is 11.8 Å². The maximum atomic E-state index is 12.9. The first-order chi connectivity index (χ1) is 16.8. The first-order valence-corrected chi connectivity index (χ1v) is 10.9. The Morgan fingerprint density at radius 2 is 2.00 bits per heavy atom. The second-order valence-corrected chi connectivity index (χ2v) is 7.78. The number of amides is 2. The monoisotopic (exact) mass is 486 g/mol. The quantitative estimate of drug-likeness (QED) is 0.521. The van der Waals surface area contributed by atoms with Crippen LogP contribution in [0.3, 0.4) is 0 Å². The van der Waals surface area contributed by atoms with Crippen LogP contribution >= 0.6 is 0 Å². The summed E-state index contributed by atoms with van der Waals surface area (Å²) in [6, 6.07) is 4.63. The van der Waals surface area contributed by atoms with Crippen LogP contribution in [0.4, 0.5) is 13.2 Å². The summed E-state index contributed by atoms with van der Waals surface area (Å²) in [6.07, 6.45) is 3.58. The SMILES string of the molecule is O=C(CCc1nc(-c2cccc(C(F)(F)F)c2)no1)NCCCNC1=C2C=CC=CC2C(=O)N=N1. The molecule has 2 aliphatic rings. The number of aromatic nitrogens is 2. The normalized spacial score (nSPS) is 17.0. The third-order valence-electron chi connectivity index (χ3n) is 5.26. The molecule has 2 heterocycles. The van der Waals surface area contributed by atoms with Gasteiger partial charge in [-0.1, -0.05) is 41.6 Å².